The van der Waals surface area contributed by atoms with E-state index in [9.17, 15) is 48.9 Å². The van der Waals surface area contributed by atoms with Gasteiger partial charge in [-0.2, -0.15) is 0 Å². The molecule has 1 heterocycles. The fraction of sp³-hybridized carbons (Fsp3) is 0.409. The number of carboxylic acids is 5. The number of aryl methyl sites for hydroxylation is 1. The van der Waals surface area contributed by atoms with Crippen LogP contribution in [0, 0.1) is 18.3 Å². The lowest BCUT2D eigenvalue weighted by molar-refractivity contribution is -0.178. The normalized spacial score (nSPS) is 11.7. The molecule has 15 nitrogen and oxygen atoms in total. The molecular formula is C22H27N3O12. The molecule has 0 amide bonds. The van der Waals surface area contributed by atoms with E-state index in [-0.39, 0.29) is 24.0 Å². The molecule has 2 rings (SSSR count). The Kier molecular flexibility index (Phi) is 9.70. The van der Waals surface area contributed by atoms with Crippen LogP contribution in [-0.2, 0) is 35.0 Å². The van der Waals surface area contributed by atoms with Crippen molar-refractivity contribution in [1.29, 1.82) is 0 Å². The minimum absolute atomic E-state index is 0.0111. The van der Waals surface area contributed by atoms with Gasteiger partial charge in [0.1, 0.15) is 0 Å². The third-order valence-electron chi connectivity index (χ3n) is 5.82. The highest BCUT2D eigenvalue weighted by molar-refractivity contribution is 6.02. The summed E-state index contributed by atoms with van der Waals surface area (Å²) in [6, 6.07) is 4.01. The van der Waals surface area contributed by atoms with Gasteiger partial charge in [0, 0.05) is 14.1 Å². The zero-order chi connectivity index (χ0) is 28.8. The van der Waals surface area contributed by atoms with Crippen LogP contribution in [0.5, 0.6) is 0 Å². The maximum atomic E-state index is 12.1. The summed E-state index contributed by atoms with van der Waals surface area (Å²) in [5.41, 5.74) is -4.15. The van der Waals surface area contributed by atoms with E-state index in [2.05, 4.69) is 0 Å². The van der Waals surface area contributed by atoms with Gasteiger partial charge in [-0.25, -0.2) is 33.1 Å². The first-order valence-electron chi connectivity index (χ1n) is 10.6. The van der Waals surface area contributed by atoms with Crippen molar-refractivity contribution in [2.45, 2.75) is 33.2 Å². The predicted molar refractivity (Wildman–Crippen MR) is 124 cm³/mol. The summed E-state index contributed by atoms with van der Waals surface area (Å²) < 4.78 is 2.16. The average Bonchev–Trinajstić information content (AvgIpc) is 2.98. The van der Waals surface area contributed by atoms with Crippen molar-refractivity contribution in [1.82, 2.24) is 13.9 Å². The van der Waals surface area contributed by atoms with Gasteiger partial charge in [0.05, 0.1) is 23.6 Å². The Labute approximate surface area is 208 Å². The summed E-state index contributed by atoms with van der Waals surface area (Å²) >= 11 is 0. The van der Waals surface area contributed by atoms with E-state index in [1.54, 1.807) is 13.8 Å². The lowest BCUT2D eigenvalue weighted by atomic mass is 9.72. The lowest BCUT2D eigenvalue weighted by Gasteiger charge is -2.30. The van der Waals surface area contributed by atoms with Gasteiger partial charge < -0.3 is 25.5 Å². The number of hydrogen-bond acceptors (Lipinski definition) is 7. The van der Waals surface area contributed by atoms with Crippen molar-refractivity contribution < 1.29 is 49.5 Å². The number of aliphatic carboxylic acids is 3. The molecule has 0 spiro atoms. The monoisotopic (exact) mass is 525 g/mol. The van der Waals surface area contributed by atoms with Crippen LogP contribution in [0.2, 0.25) is 0 Å². The summed E-state index contributed by atoms with van der Waals surface area (Å²) in [5, 5.41) is 45.5. The highest BCUT2D eigenvalue weighted by Gasteiger charge is 2.57. The number of carboxylic acid groups (broad SMARTS) is 5. The van der Waals surface area contributed by atoms with Crippen molar-refractivity contribution in [3.05, 3.63) is 55.9 Å². The number of aromatic carboxylic acids is 2. The summed E-state index contributed by atoms with van der Waals surface area (Å²) in [6.07, 6.45) is -0.0309. The number of benzene rings is 1. The lowest BCUT2D eigenvalue weighted by Crippen LogP contribution is -2.54. The largest absolute Gasteiger partial charge is 0.481 e. The van der Waals surface area contributed by atoms with Crippen molar-refractivity contribution in [3.63, 3.8) is 0 Å². The van der Waals surface area contributed by atoms with Crippen LogP contribution in [0.1, 0.15) is 46.0 Å². The van der Waals surface area contributed by atoms with Gasteiger partial charge in [0.25, 0.3) is 0 Å². The number of nitrogens with zero attached hydrogens (tertiary/aromatic N) is 3. The molecule has 37 heavy (non-hydrogen) atoms. The van der Waals surface area contributed by atoms with Gasteiger partial charge in [0.15, 0.2) is 5.41 Å². The van der Waals surface area contributed by atoms with Gasteiger partial charge in [-0.3, -0.25) is 14.4 Å². The molecular weight excluding hydrogens is 498 g/mol. The molecule has 1 atom stereocenters. The second-order valence-corrected chi connectivity index (χ2v) is 8.10. The maximum Gasteiger partial charge on any atom is 0.346 e. The van der Waals surface area contributed by atoms with Crippen molar-refractivity contribution in [3.8, 4) is 0 Å². The van der Waals surface area contributed by atoms with Crippen LogP contribution in [0.4, 0.5) is 0 Å². The molecule has 0 aliphatic rings. The van der Waals surface area contributed by atoms with E-state index < -0.39 is 59.1 Å². The first kappa shape index (κ1) is 30.3. The van der Waals surface area contributed by atoms with E-state index in [1.165, 1.54) is 26.2 Å². The zero-order valence-corrected chi connectivity index (χ0v) is 20.4. The fourth-order valence-corrected chi connectivity index (χ4v) is 3.56. The highest BCUT2D eigenvalue weighted by atomic mass is 16.4. The second-order valence-electron chi connectivity index (χ2n) is 8.10. The molecule has 202 valence electrons. The number of aromatic nitrogens is 3. The van der Waals surface area contributed by atoms with E-state index in [4.69, 9.17) is 10.2 Å². The quantitative estimate of drug-likeness (QED) is 0.256. The van der Waals surface area contributed by atoms with Crippen LogP contribution >= 0.6 is 0 Å². The van der Waals surface area contributed by atoms with E-state index in [0.29, 0.717) is 10.1 Å². The van der Waals surface area contributed by atoms with Crippen molar-refractivity contribution >= 4 is 29.8 Å². The molecule has 1 aromatic carbocycles. The Morgan fingerprint density at radius 2 is 1.35 bits per heavy atom. The molecule has 1 aromatic heterocycles. The summed E-state index contributed by atoms with van der Waals surface area (Å²) in [4.78, 5) is 80.1. The van der Waals surface area contributed by atoms with Gasteiger partial charge in [-0.1, -0.05) is 19.4 Å². The average molecular weight is 525 g/mol. The van der Waals surface area contributed by atoms with Crippen molar-refractivity contribution in [2.24, 2.45) is 25.4 Å². The summed E-state index contributed by atoms with van der Waals surface area (Å²) in [5.74, 6) is -9.51. The molecule has 0 aliphatic carbocycles. The van der Waals surface area contributed by atoms with Crippen LogP contribution in [0.3, 0.4) is 0 Å². The first-order valence-corrected chi connectivity index (χ1v) is 10.6. The smallest absolute Gasteiger partial charge is 0.346 e. The van der Waals surface area contributed by atoms with E-state index in [0.717, 1.165) is 15.4 Å². The van der Waals surface area contributed by atoms with Crippen LogP contribution in [-0.4, -0.2) is 69.3 Å². The summed E-state index contributed by atoms with van der Waals surface area (Å²) in [7, 11) is 2.48. The SMILES string of the molecule is CCCC(C(=O)O)C(Cn1c(=O)n(C)n(C)c1=O)(C(=O)O)C(=O)O.Cc1ccc(C(=O)O)cc1C(=O)O. The number of rotatable bonds is 10. The molecule has 1 unspecified atom stereocenters. The van der Waals surface area contributed by atoms with Gasteiger partial charge in [-0.15, -0.1) is 0 Å². The second kappa shape index (κ2) is 11.8. The molecule has 15 heteroatoms. The molecule has 2 aromatic rings. The highest BCUT2D eigenvalue weighted by Crippen LogP contribution is 2.34. The topological polar surface area (TPSA) is 235 Å². The van der Waals surface area contributed by atoms with Gasteiger partial charge in [-0.05, 0) is 31.0 Å². The predicted octanol–water partition coefficient (Wildman–Crippen LogP) is -0.0666. The fourth-order valence-electron chi connectivity index (χ4n) is 3.56. The molecule has 0 saturated carbocycles. The van der Waals surface area contributed by atoms with Crippen LogP contribution in [0.25, 0.3) is 0 Å². The Balaban J connectivity index is 0.000000442. The van der Waals surface area contributed by atoms with Crippen LogP contribution < -0.4 is 11.4 Å². The minimum Gasteiger partial charge on any atom is -0.481 e. The molecule has 5 N–H and O–H groups in total. The Hall–Kier alpha value is -4.69. The molecule has 0 radical (unpaired) electrons. The third kappa shape index (κ3) is 6.12. The molecule has 0 saturated heterocycles. The number of hydrogen-bond donors (Lipinski definition) is 5. The minimum atomic E-state index is -2.85. The Bertz CT molecular complexity index is 1300. The van der Waals surface area contributed by atoms with Gasteiger partial charge in [0.2, 0.25) is 0 Å². The van der Waals surface area contributed by atoms with Gasteiger partial charge >= 0.3 is 41.2 Å². The first-order chi connectivity index (χ1) is 17.0. The summed E-state index contributed by atoms with van der Waals surface area (Å²) in [6.45, 7) is 2.11. The van der Waals surface area contributed by atoms with Crippen LogP contribution in [0.15, 0.2) is 27.8 Å². The Morgan fingerprint density at radius 1 is 0.865 bits per heavy atom. The zero-order valence-electron chi connectivity index (χ0n) is 20.4. The van der Waals surface area contributed by atoms with E-state index in [1.807, 2.05) is 0 Å². The van der Waals surface area contributed by atoms with E-state index >= 15 is 0 Å². The number of carbonyl (C=O) groups is 5. The van der Waals surface area contributed by atoms with Crippen molar-refractivity contribution in [2.75, 3.05) is 0 Å². The standard InChI is InChI=1S/C13H19N3O8.C9H8O4/c1-4-5-7(8(17)18)13(9(19)20,10(21)22)6-16-11(23)14(2)15(3)12(16)24;1-5-2-3-6(8(10)11)4-7(5)9(12)13/h7H,4-6H2,1-3H3,(H,17,18)(H,19,20)(H,21,22);2-4H,1H3,(H,10,11)(H,12,13). The molecule has 0 bridgehead atoms. The third-order valence-corrected chi connectivity index (χ3v) is 5.82. The maximum absolute atomic E-state index is 12.1. The molecule has 0 aliphatic heterocycles. The molecule has 0 fully saturated rings. The Morgan fingerprint density at radius 3 is 1.70 bits per heavy atom.